The van der Waals surface area contributed by atoms with E-state index in [2.05, 4.69) is 29.0 Å². The third-order valence-electron chi connectivity index (χ3n) is 6.20. The number of thiophene rings is 1. The first-order valence-electron chi connectivity index (χ1n) is 11.5. The van der Waals surface area contributed by atoms with Crippen molar-refractivity contribution in [3.8, 4) is 15.8 Å². The molecule has 9 heteroatoms. The summed E-state index contributed by atoms with van der Waals surface area (Å²) in [7, 11) is 0. The Morgan fingerprint density at radius 1 is 1.21 bits per heavy atom. The van der Waals surface area contributed by atoms with E-state index in [-0.39, 0.29) is 6.04 Å². The van der Waals surface area contributed by atoms with Crippen LogP contribution in [0.1, 0.15) is 31.6 Å². The summed E-state index contributed by atoms with van der Waals surface area (Å²) in [5, 5.41) is 5.04. The first-order valence-corrected chi connectivity index (χ1v) is 13.5. The van der Waals surface area contributed by atoms with Crippen LogP contribution < -0.4 is 10.1 Å². The topological polar surface area (TPSA) is 59.4 Å². The first kappa shape index (κ1) is 23.4. The maximum Gasteiger partial charge on any atom is 0.414 e. The van der Waals surface area contributed by atoms with Gasteiger partial charge in [0, 0.05) is 47.7 Å². The van der Waals surface area contributed by atoms with E-state index in [0.717, 1.165) is 55.9 Å². The third kappa shape index (κ3) is 5.15. The molecule has 4 aromatic rings. The van der Waals surface area contributed by atoms with Gasteiger partial charge in [0.15, 0.2) is 0 Å². The van der Waals surface area contributed by atoms with Gasteiger partial charge in [-0.1, -0.05) is 29.8 Å². The van der Waals surface area contributed by atoms with Gasteiger partial charge in [-0.3, -0.25) is 0 Å². The quantitative estimate of drug-likeness (QED) is 0.319. The average molecular weight is 515 g/mol. The summed E-state index contributed by atoms with van der Waals surface area (Å²) >= 11 is 9.24. The lowest BCUT2D eigenvalue weighted by Crippen LogP contribution is -2.47. The van der Waals surface area contributed by atoms with Gasteiger partial charge in [-0.15, -0.1) is 22.7 Å². The number of carbonyl (C=O) groups is 1. The molecule has 3 aromatic heterocycles. The molecule has 4 heterocycles. The van der Waals surface area contributed by atoms with Crippen LogP contribution in [0, 0.1) is 0 Å². The maximum atomic E-state index is 12.8. The predicted octanol–water partition coefficient (Wildman–Crippen LogP) is 6.49. The van der Waals surface area contributed by atoms with Gasteiger partial charge in [0.2, 0.25) is 5.88 Å². The molecular weight excluding hydrogens is 488 g/mol. The molecule has 5 rings (SSSR count). The SMILES string of the molecule is CC(C)N1CCC(NC(=O)Oc2cc3ccccc3n2Cc2cnc(-c3ccc(Cl)s3)s2)CC1. The first-order chi connectivity index (χ1) is 16.5. The second kappa shape index (κ2) is 10.1. The van der Waals surface area contributed by atoms with E-state index < -0.39 is 6.09 Å². The van der Waals surface area contributed by atoms with Crippen molar-refractivity contribution < 1.29 is 9.53 Å². The fraction of sp³-hybridized carbons (Fsp3) is 0.360. The normalized spacial score (nSPS) is 15.3. The number of nitrogens with one attached hydrogen (secondary N) is 1. The van der Waals surface area contributed by atoms with Gasteiger partial charge >= 0.3 is 6.09 Å². The Labute approximate surface area is 212 Å². The Balaban J connectivity index is 1.31. The van der Waals surface area contributed by atoms with Crippen molar-refractivity contribution in [1.82, 2.24) is 19.8 Å². The van der Waals surface area contributed by atoms with Gasteiger partial charge in [-0.25, -0.2) is 9.78 Å². The van der Waals surface area contributed by atoms with Crippen LogP contribution in [-0.2, 0) is 6.54 Å². The van der Waals surface area contributed by atoms with Crippen LogP contribution >= 0.6 is 34.3 Å². The molecule has 178 valence electrons. The number of fused-ring (bicyclic) bond motifs is 1. The number of amides is 1. The number of halogens is 1. The number of thiazole rings is 1. The molecule has 0 aliphatic carbocycles. The minimum Gasteiger partial charge on any atom is -0.393 e. The van der Waals surface area contributed by atoms with Gasteiger partial charge < -0.3 is 19.5 Å². The summed E-state index contributed by atoms with van der Waals surface area (Å²) < 4.78 is 8.63. The van der Waals surface area contributed by atoms with Crippen molar-refractivity contribution in [2.24, 2.45) is 0 Å². The number of aromatic nitrogens is 2. The van der Waals surface area contributed by atoms with Crippen LogP contribution in [0.3, 0.4) is 0 Å². The number of likely N-dealkylation sites (tertiary alicyclic amines) is 1. The number of para-hydroxylation sites is 1. The van der Waals surface area contributed by atoms with Gasteiger partial charge in [0.1, 0.15) is 5.01 Å². The fourth-order valence-electron chi connectivity index (χ4n) is 4.36. The molecule has 34 heavy (non-hydrogen) atoms. The smallest absolute Gasteiger partial charge is 0.393 e. The Bertz CT molecular complexity index is 1290. The number of carbonyl (C=O) groups excluding carboxylic acids is 1. The van der Waals surface area contributed by atoms with Crippen LogP contribution in [0.15, 0.2) is 48.7 Å². The van der Waals surface area contributed by atoms with Crippen molar-refractivity contribution in [1.29, 1.82) is 0 Å². The minimum atomic E-state index is -0.398. The highest BCUT2D eigenvalue weighted by Gasteiger charge is 2.23. The number of rotatable bonds is 6. The number of hydrogen-bond donors (Lipinski definition) is 1. The molecule has 0 saturated carbocycles. The number of nitrogens with zero attached hydrogens (tertiary/aromatic N) is 3. The van der Waals surface area contributed by atoms with Crippen molar-refractivity contribution in [2.75, 3.05) is 13.1 Å². The van der Waals surface area contributed by atoms with E-state index >= 15 is 0 Å². The van der Waals surface area contributed by atoms with Crippen LogP contribution in [0.5, 0.6) is 5.88 Å². The Kier molecular flexibility index (Phi) is 6.92. The number of hydrogen-bond acceptors (Lipinski definition) is 6. The maximum absolute atomic E-state index is 12.8. The Hall–Kier alpha value is -2.39. The molecule has 0 radical (unpaired) electrons. The Morgan fingerprint density at radius 2 is 2.00 bits per heavy atom. The van der Waals surface area contributed by atoms with Crippen molar-refractivity contribution in [3.63, 3.8) is 0 Å². The van der Waals surface area contributed by atoms with Gasteiger partial charge in [0.05, 0.1) is 21.3 Å². The highest BCUT2D eigenvalue weighted by Crippen LogP contribution is 2.35. The van der Waals surface area contributed by atoms with Crippen LogP contribution in [-0.4, -0.2) is 45.7 Å². The lowest BCUT2D eigenvalue weighted by molar-refractivity contribution is 0.151. The van der Waals surface area contributed by atoms with E-state index in [1.807, 2.05) is 53.2 Å². The minimum absolute atomic E-state index is 0.141. The van der Waals surface area contributed by atoms with E-state index in [1.54, 1.807) is 11.3 Å². The molecule has 0 bridgehead atoms. The number of piperidine rings is 1. The van der Waals surface area contributed by atoms with Crippen molar-refractivity contribution in [3.05, 3.63) is 57.9 Å². The second-order valence-electron chi connectivity index (χ2n) is 8.80. The molecule has 0 unspecified atom stereocenters. The van der Waals surface area contributed by atoms with Crippen molar-refractivity contribution in [2.45, 2.75) is 45.3 Å². The van der Waals surface area contributed by atoms with Crippen molar-refractivity contribution >= 4 is 51.3 Å². The number of benzene rings is 1. The zero-order chi connectivity index (χ0) is 23.7. The van der Waals surface area contributed by atoms with Gasteiger partial charge in [-0.05, 0) is 44.9 Å². The van der Waals surface area contributed by atoms with E-state index in [9.17, 15) is 4.79 Å². The monoisotopic (exact) mass is 514 g/mol. The standard InChI is InChI=1S/C25H27ClN4O2S2/c1-16(2)29-11-9-18(10-12-29)28-25(31)32-23-13-17-5-3-4-6-20(17)30(23)15-19-14-27-24(33-19)21-7-8-22(26)34-21/h3-8,13-14,16,18H,9-12,15H2,1-2H3,(H,28,31). The van der Waals surface area contributed by atoms with Gasteiger partial charge in [-0.2, -0.15) is 0 Å². The predicted molar refractivity (Wildman–Crippen MR) is 140 cm³/mol. The van der Waals surface area contributed by atoms with Crippen LogP contribution in [0.2, 0.25) is 4.34 Å². The fourth-order valence-corrected chi connectivity index (χ4v) is 6.37. The average Bonchev–Trinajstić information content (AvgIpc) is 3.54. The lowest BCUT2D eigenvalue weighted by atomic mass is 10.0. The van der Waals surface area contributed by atoms with Crippen LogP contribution in [0.4, 0.5) is 4.79 Å². The molecule has 1 fully saturated rings. The van der Waals surface area contributed by atoms with E-state index in [0.29, 0.717) is 18.5 Å². The highest BCUT2D eigenvalue weighted by atomic mass is 35.5. The molecule has 0 spiro atoms. The van der Waals surface area contributed by atoms with Gasteiger partial charge in [0.25, 0.3) is 0 Å². The molecule has 1 aromatic carbocycles. The van der Waals surface area contributed by atoms with Crippen LogP contribution in [0.25, 0.3) is 20.8 Å². The molecular formula is C25H27ClN4O2S2. The molecule has 0 atom stereocenters. The van der Waals surface area contributed by atoms with E-state index in [1.165, 1.54) is 11.3 Å². The summed E-state index contributed by atoms with van der Waals surface area (Å²) in [5.74, 6) is 0.535. The zero-order valence-electron chi connectivity index (χ0n) is 19.2. The second-order valence-corrected chi connectivity index (χ2v) is 11.6. The lowest BCUT2D eigenvalue weighted by Gasteiger charge is -2.34. The largest absolute Gasteiger partial charge is 0.414 e. The molecule has 1 amide bonds. The summed E-state index contributed by atoms with van der Waals surface area (Å²) in [4.78, 5) is 21.9. The molecule has 1 aliphatic rings. The summed E-state index contributed by atoms with van der Waals surface area (Å²) in [6.07, 6.45) is 3.36. The summed E-state index contributed by atoms with van der Waals surface area (Å²) in [6.45, 7) is 6.97. The summed E-state index contributed by atoms with van der Waals surface area (Å²) in [5.41, 5.74) is 1.02. The zero-order valence-corrected chi connectivity index (χ0v) is 21.6. The molecule has 1 N–H and O–H groups in total. The third-order valence-corrected chi connectivity index (χ3v) is 8.59. The number of ether oxygens (including phenoxy) is 1. The van der Waals surface area contributed by atoms with E-state index in [4.69, 9.17) is 16.3 Å². The molecule has 1 aliphatic heterocycles. The highest BCUT2D eigenvalue weighted by molar-refractivity contribution is 7.23. The molecule has 6 nitrogen and oxygen atoms in total. The Morgan fingerprint density at radius 3 is 2.74 bits per heavy atom. The summed E-state index contributed by atoms with van der Waals surface area (Å²) in [6, 6.07) is 14.5. The molecule has 1 saturated heterocycles.